The van der Waals surface area contributed by atoms with E-state index >= 15 is 0 Å². The highest BCUT2D eigenvalue weighted by Crippen LogP contribution is 2.32. The average Bonchev–Trinajstić information content (AvgIpc) is 2.60. The number of hydrogen-bond acceptors (Lipinski definition) is 4. The van der Waals surface area contributed by atoms with E-state index < -0.39 is 23.7 Å². The lowest BCUT2D eigenvalue weighted by Crippen LogP contribution is -2.12. The second-order valence-electron chi connectivity index (χ2n) is 5.73. The molecule has 2 aromatic rings. The van der Waals surface area contributed by atoms with E-state index in [0.29, 0.717) is 33.3 Å². The first-order valence-electron chi connectivity index (χ1n) is 8.20. The molecule has 0 spiro atoms. The van der Waals surface area contributed by atoms with E-state index in [1.54, 1.807) is 38.1 Å². The number of alkyl halides is 3. The Balaban J connectivity index is 2.18. The topological polar surface area (TPSA) is 38.3 Å². The van der Waals surface area contributed by atoms with Crippen molar-refractivity contribution in [2.45, 2.75) is 31.5 Å². The molecule has 0 heterocycles. The first-order chi connectivity index (χ1) is 12.7. The number of carbonyl (C=O) groups excluding carboxylic acids is 1. The van der Waals surface area contributed by atoms with Gasteiger partial charge in [0.1, 0.15) is 5.82 Å². The second kappa shape index (κ2) is 9.12. The molecule has 27 heavy (non-hydrogen) atoms. The number of ether oxygens (including phenoxy) is 1. The van der Waals surface area contributed by atoms with Crippen LogP contribution < -0.4 is 5.32 Å². The molecule has 0 bridgehead atoms. The first kappa shape index (κ1) is 21.1. The Morgan fingerprint density at radius 1 is 1.22 bits per heavy atom. The van der Waals surface area contributed by atoms with Crippen molar-refractivity contribution in [2.24, 2.45) is 0 Å². The fourth-order valence-electron chi connectivity index (χ4n) is 2.38. The van der Waals surface area contributed by atoms with E-state index in [2.05, 4.69) is 5.32 Å². The summed E-state index contributed by atoms with van der Waals surface area (Å²) < 4.78 is 56.5. The van der Waals surface area contributed by atoms with Gasteiger partial charge in [0, 0.05) is 11.4 Å². The Hall–Kier alpha value is -2.22. The number of carbonyl (C=O) groups is 1. The first-order valence-corrected chi connectivity index (χ1v) is 9.18. The predicted octanol–water partition coefficient (Wildman–Crippen LogP) is 5.58. The summed E-state index contributed by atoms with van der Waals surface area (Å²) in [4.78, 5) is 12.3. The molecule has 0 aliphatic heterocycles. The summed E-state index contributed by atoms with van der Waals surface area (Å²) in [6.45, 7) is 3.60. The van der Waals surface area contributed by atoms with Crippen LogP contribution in [0.15, 0.2) is 41.3 Å². The lowest BCUT2D eigenvalue weighted by atomic mass is 10.1. The van der Waals surface area contributed by atoms with E-state index in [1.807, 2.05) is 0 Å². The molecule has 0 saturated heterocycles. The molecular weight excluding hydrogens is 382 g/mol. The number of halogens is 4. The number of aryl methyl sites for hydroxylation is 1. The molecule has 0 radical (unpaired) electrons. The van der Waals surface area contributed by atoms with Gasteiger partial charge in [0.25, 0.3) is 0 Å². The van der Waals surface area contributed by atoms with Gasteiger partial charge in [-0.1, -0.05) is 18.2 Å². The smallest absolute Gasteiger partial charge is 0.398 e. The minimum Gasteiger partial charge on any atom is -0.462 e. The van der Waals surface area contributed by atoms with E-state index in [0.717, 1.165) is 0 Å². The molecular formula is C19H19F4NO2S. The molecule has 0 fully saturated rings. The highest BCUT2D eigenvalue weighted by atomic mass is 32.2. The van der Waals surface area contributed by atoms with Crippen LogP contribution in [-0.2, 0) is 11.3 Å². The normalized spacial score (nSPS) is 11.3. The number of benzene rings is 2. The van der Waals surface area contributed by atoms with Crippen molar-refractivity contribution in [1.82, 2.24) is 0 Å². The number of rotatable bonds is 7. The maximum atomic E-state index is 14.2. The number of nitrogens with one attached hydrogen (secondary N) is 1. The third-order valence-electron chi connectivity index (χ3n) is 3.64. The molecule has 0 unspecified atom stereocenters. The largest absolute Gasteiger partial charge is 0.462 e. The highest BCUT2D eigenvalue weighted by molar-refractivity contribution is 7.99. The zero-order valence-corrected chi connectivity index (χ0v) is 15.6. The van der Waals surface area contributed by atoms with Crippen molar-refractivity contribution in [2.75, 3.05) is 17.7 Å². The highest BCUT2D eigenvalue weighted by Gasteiger charge is 2.27. The molecule has 1 N–H and O–H groups in total. The number of hydrogen-bond donors (Lipinski definition) is 1. The minimum atomic E-state index is -4.31. The predicted molar refractivity (Wildman–Crippen MR) is 97.6 cm³/mol. The Morgan fingerprint density at radius 3 is 2.59 bits per heavy atom. The Bertz CT molecular complexity index is 809. The fourth-order valence-corrected chi connectivity index (χ4v) is 3.18. The summed E-state index contributed by atoms with van der Waals surface area (Å²) in [7, 11) is 0. The van der Waals surface area contributed by atoms with E-state index in [-0.39, 0.29) is 18.8 Å². The van der Waals surface area contributed by atoms with Crippen molar-refractivity contribution in [3.05, 3.63) is 58.9 Å². The van der Waals surface area contributed by atoms with Crippen LogP contribution in [0.4, 0.5) is 23.2 Å². The quantitative estimate of drug-likeness (QED) is 0.374. The third kappa shape index (κ3) is 6.16. The summed E-state index contributed by atoms with van der Waals surface area (Å²) in [5, 5.41) is 2.85. The van der Waals surface area contributed by atoms with Crippen LogP contribution in [0, 0.1) is 12.7 Å². The lowest BCUT2D eigenvalue weighted by molar-refractivity contribution is -0.105. The van der Waals surface area contributed by atoms with E-state index in [1.165, 1.54) is 12.1 Å². The molecule has 0 aliphatic rings. The second-order valence-corrected chi connectivity index (χ2v) is 6.75. The van der Waals surface area contributed by atoms with Gasteiger partial charge in [0.05, 0.1) is 23.6 Å². The number of esters is 1. The SMILES string of the molecule is CCOC(=O)c1ccccc1CNc1cc(SCC(F)(F)F)c(C)cc1F. The Morgan fingerprint density at radius 2 is 1.93 bits per heavy atom. The maximum absolute atomic E-state index is 14.2. The standard InChI is InChI=1S/C19H19F4NO2S/c1-3-26-18(25)14-7-5-4-6-13(14)10-24-16-9-17(12(2)8-15(16)20)27-11-19(21,22)23/h4-9,24H,3,10-11H2,1-2H3. The van der Waals surface area contributed by atoms with Crippen molar-refractivity contribution in [3.8, 4) is 0 Å². The summed E-state index contributed by atoms with van der Waals surface area (Å²) in [6, 6.07) is 9.27. The summed E-state index contributed by atoms with van der Waals surface area (Å²) >= 11 is 0.607. The monoisotopic (exact) mass is 401 g/mol. The van der Waals surface area contributed by atoms with Crippen molar-refractivity contribution >= 4 is 23.4 Å². The summed E-state index contributed by atoms with van der Waals surface area (Å²) in [5.74, 6) is -2.11. The van der Waals surface area contributed by atoms with Gasteiger partial charge in [-0.3, -0.25) is 0 Å². The van der Waals surface area contributed by atoms with Crippen LogP contribution in [0.25, 0.3) is 0 Å². The van der Waals surface area contributed by atoms with Crippen LogP contribution in [0.3, 0.4) is 0 Å². The molecule has 0 atom stereocenters. The third-order valence-corrected chi connectivity index (χ3v) is 4.86. The summed E-state index contributed by atoms with van der Waals surface area (Å²) in [6.07, 6.45) is -4.31. The van der Waals surface area contributed by atoms with Crippen molar-refractivity contribution in [1.29, 1.82) is 0 Å². The van der Waals surface area contributed by atoms with Crippen LogP contribution in [0.1, 0.15) is 28.4 Å². The van der Waals surface area contributed by atoms with E-state index in [9.17, 15) is 22.4 Å². The van der Waals surface area contributed by atoms with Crippen LogP contribution in [0.2, 0.25) is 0 Å². The number of thioether (sulfide) groups is 1. The van der Waals surface area contributed by atoms with Gasteiger partial charge in [-0.25, -0.2) is 9.18 Å². The molecule has 0 saturated carbocycles. The molecule has 146 valence electrons. The molecule has 0 aliphatic carbocycles. The van der Waals surface area contributed by atoms with Crippen molar-refractivity contribution < 1.29 is 27.1 Å². The lowest BCUT2D eigenvalue weighted by Gasteiger charge is -2.14. The van der Waals surface area contributed by atoms with Gasteiger partial charge in [0.2, 0.25) is 0 Å². The van der Waals surface area contributed by atoms with Gasteiger partial charge in [-0.05, 0) is 43.2 Å². The average molecular weight is 401 g/mol. The molecule has 8 heteroatoms. The van der Waals surface area contributed by atoms with Crippen LogP contribution >= 0.6 is 11.8 Å². The van der Waals surface area contributed by atoms with Crippen LogP contribution in [-0.4, -0.2) is 24.5 Å². The van der Waals surface area contributed by atoms with Gasteiger partial charge in [-0.15, -0.1) is 11.8 Å². The Kier molecular flexibility index (Phi) is 7.12. The summed E-state index contributed by atoms with van der Waals surface area (Å²) in [5.41, 5.74) is 1.45. The maximum Gasteiger partial charge on any atom is 0.398 e. The van der Waals surface area contributed by atoms with Crippen molar-refractivity contribution in [3.63, 3.8) is 0 Å². The Labute approximate surface area is 159 Å². The molecule has 0 amide bonds. The molecule has 2 aromatic carbocycles. The molecule has 3 nitrogen and oxygen atoms in total. The van der Waals surface area contributed by atoms with E-state index in [4.69, 9.17) is 4.74 Å². The zero-order valence-electron chi connectivity index (χ0n) is 14.8. The fraction of sp³-hybridized carbons (Fsp3) is 0.316. The van der Waals surface area contributed by atoms with Gasteiger partial charge in [0.15, 0.2) is 0 Å². The zero-order chi connectivity index (χ0) is 20.0. The van der Waals surface area contributed by atoms with Crippen LogP contribution in [0.5, 0.6) is 0 Å². The number of anilines is 1. The molecule has 2 rings (SSSR count). The van der Waals surface area contributed by atoms with Gasteiger partial charge < -0.3 is 10.1 Å². The molecule has 0 aromatic heterocycles. The minimum absolute atomic E-state index is 0.0731. The van der Waals surface area contributed by atoms with Gasteiger partial charge >= 0.3 is 12.1 Å². The van der Waals surface area contributed by atoms with Gasteiger partial charge in [-0.2, -0.15) is 13.2 Å².